The first-order valence-corrected chi connectivity index (χ1v) is 19.5. The van der Waals surface area contributed by atoms with Crippen molar-refractivity contribution < 1.29 is 28.9 Å². The third-order valence-electron chi connectivity index (χ3n) is 9.77. The van der Waals surface area contributed by atoms with E-state index in [0.29, 0.717) is 85.8 Å². The van der Waals surface area contributed by atoms with Gasteiger partial charge in [-0.25, -0.2) is 19.7 Å². The molecule has 296 valence electrons. The van der Waals surface area contributed by atoms with Crippen LogP contribution in [0.1, 0.15) is 30.6 Å². The molecule has 8 rings (SSSR count). The summed E-state index contributed by atoms with van der Waals surface area (Å²) in [6.07, 6.45) is 2.07. The zero-order valence-corrected chi connectivity index (χ0v) is 33.5. The maximum absolute atomic E-state index is 12.8. The van der Waals surface area contributed by atoms with E-state index < -0.39 is 5.97 Å². The molecule has 0 saturated carbocycles. The number of phenolic OH excluding ortho intramolecular Hbond substituents is 1. The zero-order valence-electron chi connectivity index (χ0n) is 31.8. The molecule has 0 fully saturated rings. The highest BCUT2D eigenvalue weighted by Gasteiger charge is 2.25. The third kappa shape index (κ3) is 7.25. The molecule has 5 N–H and O–H groups in total. The molecule has 58 heavy (non-hydrogen) atoms. The topological polar surface area (TPSA) is 194 Å². The summed E-state index contributed by atoms with van der Waals surface area (Å²) < 4.78 is 19.3. The molecule has 1 aliphatic carbocycles. The number of hydrogen-bond donors (Lipinski definition) is 4. The van der Waals surface area contributed by atoms with Crippen LogP contribution in [0.2, 0.25) is 0 Å². The van der Waals surface area contributed by atoms with Gasteiger partial charge in [-0.1, -0.05) is 6.07 Å². The van der Waals surface area contributed by atoms with Gasteiger partial charge in [-0.2, -0.15) is 0 Å². The van der Waals surface area contributed by atoms with Gasteiger partial charge in [-0.15, -0.1) is 0 Å². The number of hydrogen-bond acceptors (Lipinski definition) is 13. The number of rotatable bonds is 11. The van der Waals surface area contributed by atoms with Crippen LogP contribution in [-0.4, -0.2) is 79.2 Å². The fourth-order valence-electron chi connectivity index (χ4n) is 7.01. The van der Waals surface area contributed by atoms with E-state index in [4.69, 9.17) is 36.8 Å². The van der Waals surface area contributed by atoms with E-state index in [1.807, 2.05) is 54.4 Å². The number of nitrogen functional groups attached to an aromatic ring is 1. The van der Waals surface area contributed by atoms with Gasteiger partial charge < -0.3 is 49.5 Å². The number of fused-ring (bicyclic) bond motifs is 4. The summed E-state index contributed by atoms with van der Waals surface area (Å²) in [7, 11) is 3.92. The summed E-state index contributed by atoms with van der Waals surface area (Å²) in [4.78, 5) is 43.6. The molecule has 0 unspecified atom stereocenters. The number of phenols is 1. The van der Waals surface area contributed by atoms with Crippen molar-refractivity contribution in [3.8, 4) is 39.7 Å². The number of aromatic nitrogens is 4. The van der Waals surface area contributed by atoms with Gasteiger partial charge in [0.1, 0.15) is 23.4 Å². The van der Waals surface area contributed by atoms with Crippen LogP contribution in [0.4, 0.5) is 17.2 Å². The largest absolute Gasteiger partial charge is 0.508 e. The van der Waals surface area contributed by atoms with Crippen LogP contribution in [0.5, 0.6) is 17.2 Å². The van der Waals surface area contributed by atoms with E-state index in [9.17, 15) is 19.8 Å². The van der Waals surface area contributed by atoms with Crippen LogP contribution in [-0.2, 0) is 6.54 Å². The lowest BCUT2D eigenvalue weighted by molar-refractivity contribution is 0.0697. The lowest BCUT2D eigenvalue weighted by Crippen LogP contribution is -2.40. The lowest BCUT2D eigenvalue weighted by Gasteiger charge is -2.30. The van der Waals surface area contributed by atoms with Gasteiger partial charge >= 0.3 is 5.97 Å². The maximum Gasteiger partial charge on any atom is 0.336 e. The number of aryl methyl sites for hydroxylation is 1. The van der Waals surface area contributed by atoms with Crippen molar-refractivity contribution in [2.24, 2.45) is 0 Å². The molecule has 0 saturated heterocycles. The lowest BCUT2D eigenvalue weighted by atomic mass is 9.90. The fraction of sp³-hybridized carbons (Fsp3) is 0.220. The molecule has 2 aromatic heterocycles. The van der Waals surface area contributed by atoms with Gasteiger partial charge in [0.05, 0.1) is 11.3 Å². The standard InChI is InChI=1S/C41H38N8O7S2/c1-21(2)48(12-5-13-49-38-36(37(42)43-19-44-38)46-41(49)58-34-18-33-32(54-20-55-33)17-29(34)47(3)4)40(57)45-22-6-9-25(28(14-22)39(52)53)35-26-10-7-23(50)15-30(26)56-31-16-24(51)8-11-27(31)35/h6-11,14-19,21,50H,5,12-13,20H2,1-4H3,(H,45,57)(H,52,53)(H2,42,43,44). The van der Waals surface area contributed by atoms with Crippen LogP contribution < -0.4 is 30.9 Å². The number of nitrogens with one attached hydrogen (secondary N) is 1. The first-order valence-electron chi connectivity index (χ1n) is 18.3. The maximum atomic E-state index is 12.8. The van der Waals surface area contributed by atoms with Crippen LogP contribution in [0, 0.1) is 0 Å². The van der Waals surface area contributed by atoms with E-state index in [-0.39, 0.29) is 41.2 Å². The number of carbonyl (C=O) groups is 1. The minimum Gasteiger partial charge on any atom is -0.508 e. The van der Waals surface area contributed by atoms with Crippen molar-refractivity contribution in [2.45, 2.75) is 42.9 Å². The number of anilines is 3. The van der Waals surface area contributed by atoms with Gasteiger partial charge in [-0.05, 0) is 86.2 Å². The number of aromatic hydroxyl groups is 1. The Balaban J connectivity index is 1.05. The number of benzene rings is 4. The van der Waals surface area contributed by atoms with E-state index >= 15 is 0 Å². The summed E-state index contributed by atoms with van der Waals surface area (Å²) in [5.41, 5.74) is 10.4. The number of nitrogens with zero attached hydrogens (tertiary/aromatic N) is 6. The highest BCUT2D eigenvalue weighted by Crippen LogP contribution is 2.45. The molecule has 0 amide bonds. The molecular weight excluding hydrogens is 781 g/mol. The Morgan fingerprint density at radius 1 is 1.03 bits per heavy atom. The van der Waals surface area contributed by atoms with Gasteiger partial charge in [0, 0.05) is 84.6 Å². The third-order valence-corrected chi connectivity index (χ3v) is 11.2. The smallest absolute Gasteiger partial charge is 0.336 e. The molecule has 5 aromatic rings. The highest BCUT2D eigenvalue weighted by molar-refractivity contribution is 7.99. The van der Waals surface area contributed by atoms with E-state index in [1.54, 1.807) is 24.3 Å². The predicted octanol–water partition coefficient (Wildman–Crippen LogP) is 7.13. The number of carboxylic acids is 1. The summed E-state index contributed by atoms with van der Waals surface area (Å²) in [6.45, 7) is 5.30. The Bertz CT molecular complexity index is 2790. The Morgan fingerprint density at radius 3 is 2.57 bits per heavy atom. The molecule has 0 spiro atoms. The number of aromatic carboxylic acids is 1. The van der Waals surface area contributed by atoms with Crippen LogP contribution in [0.15, 0.2) is 92.3 Å². The minimum atomic E-state index is -1.16. The first kappa shape index (κ1) is 38.3. The average molecular weight is 819 g/mol. The minimum absolute atomic E-state index is 0.00559. The molecule has 0 bridgehead atoms. The molecule has 2 aliphatic heterocycles. The van der Waals surface area contributed by atoms with E-state index in [2.05, 4.69) is 15.3 Å². The highest BCUT2D eigenvalue weighted by atomic mass is 32.2. The number of nitrogens with two attached hydrogens (primary N) is 1. The van der Waals surface area contributed by atoms with Crippen LogP contribution in [0.25, 0.3) is 44.6 Å². The molecule has 0 atom stereocenters. The summed E-state index contributed by atoms with van der Waals surface area (Å²) in [5.74, 6) is 0.704. The van der Waals surface area contributed by atoms with Crippen molar-refractivity contribution in [2.75, 3.05) is 43.4 Å². The van der Waals surface area contributed by atoms with Gasteiger partial charge in [0.15, 0.2) is 44.2 Å². The molecular formula is C41H38N8O7S2. The average Bonchev–Trinajstić information content (AvgIpc) is 3.79. The Morgan fingerprint density at radius 2 is 1.81 bits per heavy atom. The van der Waals surface area contributed by atoms with Crippen molar-refractivity contribution in [1.29, 1.82) is 0 Å². The van der Waals surface area contributed by atoms with Crippen molar-refractivity contribution in [3.63, 3.8) is 0 Å². The van der Waals surface area contributed by atoms with Crippen molar-refractivity contribution >= 4 is 74.4 Å². The van der Waals surface area contributed by atoms with Crippen LogP contribution >= 0.6 is 24.0 Å². The van der Waals surface area contributed by atoms with Crippen molar-refractivity contribution in [3.05, 3.63) is 88.8 Å². The summed E-state index contributed by atoms with van der Waals surface area (Å²) in [5, 5.41) is 25.6. The Hall–Kier alpha value is -6.59. The monoisotopic (exact) mass is 818 g/mol. The molecule has 3 aromatic carbocycles. The van der Waals surface area contributed by atoms with Gasteiger partial charge in [0.2, 0.25) is 6.79 Å². The SMILES string of the molecule is CC(C)N(CCCn1c(Sc2cc3c(cc2N(C)C)OCO3)nc2c(N)ncnc21)C(=S)Nc1ccc(-c2c3ccc(=O)cc-3oc3cc(O)ccc23)c(C(=O)O)c1. The molecule has 3 aliphatic rings. The summed E-state index contributed by atoms with van der Waals surface area (Å²) >= 11 is 7.40. The number of ether oxygens (including phenoxy) is 2. The Kier molecular flexibility index (Phi) is 10.2. The normalized spacial score (nSPS) is 12.2. The van der Waals surface area contributed by atoms with E-state index in [1.165, 1.54) is 48.4 Å². The van der Waals surface area contributed by atoms with E-state index in [0.717, 1.165) is 10.6 Å². The Labute approximate surface area is 341 Å². The molecule has 17 heteroatoms. The first-order chi connectivity index (χ1) is 27.9. The predicted molar refractivity (Wildman–Crippen MR) is 227 cm³/mol. The van der Waals surface area contributed by atoms with Crippen LogP contribution in [0.3, 0.4) is 0 Å². The number of thiocarbonyl (C=S) groups is 1. The zero-order chi connectivity index (χ0) is 40.8. The quantitative estimate of drug-likeness (QED) is 0.0760. The number of imidazole rings is 1. The number of carboxylic acid groups (broad SMARTS) is 1. The second kappa shape index (κ2) is 15.4. The second-order valence-electron chi connectivity index (χ2n) is 14.1. The van der Waals surface area contributed by atoms with Crippen molar-refractivity contribution in [1.82, 2.24) is 24.4 Å². The summed E-state index contributed by atoms with van der Waals surface area (Å²) in [6, 6.07) is 17.9. The van der Waals surface area contributed by atoms with Gasteiger partial charge in [0.25, 0.3) is 0 Å². The fourth-order valence-corrected chi connectivity index (χ4v) is 8.56. The molecule has 0 radical (unpaired) electrons. The molecule has 15 nitrogen and oxygen atoms in total. The molecule has 4 heterocycles. The second-order valence-corrected chi connectivity index (χ2v) is 15.5. The van der Waals surface area contributed by atoms with Gasteiger partial charge in [-0.3, -0.25) is 4.79 Å².